The maximum absolute atomic E-state index is 11.3. The molecule has 1 aromatic rings. The first-order valence-corrected chi connectivity index (χ1v) is 6.14. The molecule has 0 aliphatic carbocycles. The molecule has 6 heteroatoms. The average Bonchev–Trinajstić information content (AvgIpc) is 2.44. The summed E-state index contributed by atoms with van der Waals surface area (Å²) in [5, 5.41) is 18.5. The van der Waals surface area contributed by atoms with Crippen LogP contribution in [0.25, 0.3) is 0 Å². The Morgan fingerprint density at radius 2 is 2.10 bits per heavy atom. The molecule has 108 valence electrons. The fraction of sp³-hybridized carbons (Fsp3) is 0.357. The van der Waals surface area contributed by atoms with Crippen LogP contribution in [0.15, 0.2) is 18.2 Å². The summed E-state index contributed by atoms with van der Waals surface area (Å²) in [6, 6.07) is 4.41. The summed E-state index contributed by atoms with van der Waals surface area (Å²) in [4.78, 5) is 33.2. The molecule has 1 rings (SSSR count). The van der Waals surface area contributed by atoms with E-state index in [1.54, 1.807) is 6.92 Å². The van der Waals surface area contributed by atoms with Crippen molar-refractivity contribution in [3.05, 3.63) is 34.9 Å². The van der Waals surface area contributed by atoms with Gasteiger partial charge in [0, 0.05) is 12.0 Å². The Hall–Kier alpha value is -2.21. The SMILES string of the molecule is CCOC(=O)CCc1c(C=O)cccc1C(O)C(=O)O. The summed E-state index contributed by atoms with van der Waals surface area (Å²) in [7, 11) is 0. The van der Waals surface area contributed by atoms with Crippen LogP contribution < -0.4 is 0 Å². The third kappa shape index (κ3) is 3.89. The lowest BCUT2D eigenvalue weighted by atomic mass is 9.94. The van der Waals surface area contributed by atoms with Gasteiger partial charge in [-0.2, -0.15) is 0 Å². The van der Waals surface area contributed by atoms with E-state index in [1.165, 1.54) is 18.2 Å². The van der Waals surface area contributed by atoms with Gasteiger partial charge >= 0.3 is 11.9 Å². The molecule has 0 aliphatic rings. The minimum Gasteiger partial charge on any atom is -0.479 e. The number of carbonyl (C=O) groups is 3. The highest BCUT2D eigenvalue weighted by atomic mass is 16.5. The van der Waals surface area contributed by atoms with Crippen molar-refractivity contribution in [2.45, 2.75) is 25.9 Å². The van der Waals surface area contributed by atoms with Gasteiger partial charge in [-0.15, -0.1) is 0 Å². The first-order chi connectivity index (χ1) is 9.51. The van der Waals surface area contributed by atoms with Gasteiger partial charge in [0.1, 0.15) is 6.29 Å². The standard InChI is InChI=1S/C14H16O6/c1-2-20-12(16)7-6-10-9(8-15)4-3-5-11(10)13(17)14(18)19/h3-5,8,13,17H,2,6-7H2,1H3,(H,18,19). The third-order valence-electron chi connectivity index (χ3n) is 2.79. The van der Waals surface area contributed by atoms with Gasteiger partial charge in [-0.25, -0.2) is 4.79 Å². The molecule has 0 amide bonds. The molecule has 0 heterocycles. The Balaban J connectivity index is 3.04. The minimum absolute atomic E-state index is 0.0119. The van der Waals surface area contributed by atoms with Crippen LogP contribution in [-0.2, 0) is 20.7 Å². The average molecular weight is 280 g/mol. The monoisotopic (exact) mass is 280 g/mol. The van der Waals surface area contributed by atoms with Crippen LogP contribution in [0.3, 0.4) is 0 Å². The highest BCUT2D eigenvalue weighted by molar-refractivity contribution is 5.81. The van der Waals surface area contributed by atoms with Crippen molar-refractivity contribution in [1.82, 2.24) is 0 Å². The molecule has 0 bridgehead atoms. The van der Waals surface area contributed by atoms with E-state index in [0.717, 1.165) is 0 Å². The van der Waals surface area contributed by atoms with Crippen molar-refractivity contribution >= 4 is 18.2 Å². The number of carbonyl (C=O) groups excluding carboxylic acids is 2. The van der Waals surface area contributed by atoms with E-state index in [4.69, 9.17) is 9.84 Å². The first kappa shape index (κ1) is 15.8. The number of aliphatic hydroxyl groups excluding tert-OH is 1. The largest absolute Gasteiger partial charge is 0.479 e. The van der Waals surface area contributed by atoms with E-state index in [-0.39, 0.29) is 30.6 Å². The Morgan fingerprint density at radius 3 is 2.65 bits per heavy atom. The smallest absolute Gasteiger partial charge is 0.337 e. The molecule has 0 spiro atoms. The molecule has 0 aromatic heterocycles. The number of carboxylic acid groups (broad SMARTS) is 1. The van der Waals surface area contributed by atoms with Crippen LogP contribution in [0.4, 0.5) is 0 Å². The third-order valence-corrected chi connectivity index (χ3v) is 2.79. The second kappa shape index (κ2) is 7.40. The van der Waals surface area contributed by atoms with Crippen molar-refractivity contribution in [3.63, 3.8) is 0 Å². The second-order valence-corrected chi connectivity index (χ2v) is 4.08. The van der Waals surface area contributed by atoms with E-state index >= 15 is 0 Å². The molecule has 2 N–H and O–H groups in total. The quantitative estimate of drug-likeness (QED) is 0.573. The molecule has 0 fully saturated rings. The summed E-state index contributed by atoms with van der Waals surface area (Å²) in [5.41, 5.74) is 0.726. The molecule has 1 atom stereocenters. The molecule has 1 unspecified atom stereocenters. The van der Waals surface area contributed by atoms with Crippen LogP contribution in [0, 0.1) is 0 Å². The van der Waals surface area contributed by atoms with Gasteiger partial charge < -0.3 is 14.9 Å². The Kier molecular flexibility index (Phi) is 5.86. The molecule has 0 radical (unpaired) electrons. The number of carboxylic acids is 1. The summed E-state index contributed by atoms with van der Waals surface area (Å²) in [6.07, 6.45) is -1.02. The van der Waals surface area contributed by atoms with Gasteiger partial charge in [0.05, 0.1) is 6.61 Å². The number of hydrogen-bond acceptors (Lipinski definition) is 5. The number of esters is 1. The van der Waals surface area contributed by atoms with Gasteiger partial charge in [-0.3, -0.25) is 9.59 Å². The highest BCUT2D eigenvalue weighted by Gasteiger charge is 2.21. The maximum Gasteiger partial charge on any atom is 0.337 e. The number of hydrogen-bond donors (Lipinski definition) is 2. The molecular formula is C14H16O6. The lowest BCUT2D eigenvalue weighted by molar-refractivity contribution is -0.147. The maximum atomic E-state index is 11.3. The van der Waals surface area contributed by atoms with Crippen molar-refractivity contribution in [2.24, 2.45) is 0 Å². The predicted molar refractivity (Wildman–Crippen MR) is 69.4 cm³/mol. The molecule has 0 aliphatic heterocycles. The number of benzene rings is 1. The van der Waals surface area contributed by atoms with Gasteiger partial charge in [0.25, 0.3) is 0 Å². The van der Waals surface area contributed by atoms with Gasteiger partial charge in [-0.1, -0.05) is 18.2 Å². The summed E-state index contributed by atoms with van der Waals surface area (Å²) >= 11 is 0. The lowest BCUT2D eigenvalue weighted by Gasteiger charge is -2.14. The number of ether oxygens (including phenoxy) is 1. The number of aliphatic carboxylic acids is 1. The van der Waals surface area contributed by atoms with Crippen molar-refractivity contribution in [2.75, 3.05) is 6.61 Å². The normalized spacial score (nSPS) is 11.7. The van der Waals surface area contributed by atoms with Gasteiger partial charge in [0.2, 0.25) is 0 Å². The molecular weight excluding hydrogens is 264 g/mol. The number of aldehydes is 1. The van der Waals surface area contributed by atoms with Crippen LogP contribution in [0.1, 0.15) is 40.9 Å². The fourth-order valence-corrected chi connectivity index (χ4v) is 1.87. The first-order valence-electron chi connectivity index (χ1n) is 6.14. The van der Waals surface area contributed by atoms with Gasteiger partial charge in [0.15, 0.2) is 6.10 Å². The van der Waals surface area contributed by atoms with Gasteiger partial charge in [-0.05, 0) is 24.5 Å². The summed E-state index contributed by atoms with van der Waals surface area (Å²) < 4.78 is 4.78. The van der Waals surface area contributed by atoms with Crippen LogP contribution in [0.5, 0.6) is 0 Å². The highest BCUT2D eigenvalue weighted by Crippen LogP contribution is 2.23. The number of aliphatic hydroxyl groups is 1. The minimum atomic E-state index is -1.73. The number of rotatable bonds is 7. The summed E-state index contributed by atoms with van der Waals surface area (Å²) in [5.74, 6) is -1.85. The Labute approximate surface area is 116 Å². The molecule has 20 heavy (non-hydrogen) atoms. The molecule has 0 saturated heterocycles. The van der Waals surface area contributed by atoms with E-state index in [0.29, 0.717) is 11.8 Å². The molecule has 6 nitrogen and oxygen atoms in total. The zero-order valence-electron chi connectivity index (χ0n) is 11.0. The van der Waals surface area contributed by atoms with E-state index in [1.807, 2.05) is 0 Å². The van der Waals surface area contributed by atoms with E-state index < -0.39 is 18.0 Å². The van der Waals surface area contributed by atoms with Crippen LogP contribution >= 0.6 is 0 Å². The Morgan fingerprint density at radius 1 is 1.40 bits per heavy atom. The van der Waals surface area contributed by atoms with Crippen LogP contribution in [-0.4, -0.2) is 35.0 Å². The molecule has 0 saturated carbocycles. The topological polar surface area (TPSA) is 101 Å². The fourth-order valence-electron chi connectivity index (χ4n) is 1.87. The predicted octanol–water partition coefficient (Wildman–Crippen LogP) is 1.11. The van der Waals surface area contributed by atoms with Crippen molar-refractivity contribution < 1.29 is 29.3 Å². The zero-order valence-corrected chi connectivity index (χ0v) is 11.0. The van der Waals surface area contributed by atoms with E-state index in [9.17, 15) is 19.5 Å². The van der Waals surface area contributed by atoms with Crippen LogP contribution in [0.2, 0.25) is 0 Å². The lowest BCUT2D eigenvalue weighted by Crippen LogP contribution is -2.15. The molecule has 1 aromatic carbocycles. The summed E-state index contributed by atoms with van der Waals surface area (Å²) in [6.45, 7) is 1.93. The zero-order chi connectivity index (χ0) is 15.1. The van der Waals surface area contributed by atoms with E-state index in [2.05, 4.69) is 0 Å². The Bertz CT molecular complexity index is 508. The van der Waals surface area contributed by atoms with Crippen molar-refractivity contribution in [1.29, 1.82) is 0 Å². The van der Waals surface area contributed by atoms with Crippen molar-refractivity contribution in [3.8, 4) is 0 Å². The second-order valence-electron chi connectivity index (χ2n) is 4.08.